The number of aryl methyl sites for hydroxylation is 1. The second-order valence-corrected chi connectivity index (χ2v) is 3.27. The van der Waals surface area contributed by atoms with Gasteiger partial charge in [-0.15, -0.1) is 24.8 Å². The third-order valence-electron chi connectivity index (χ3n) is 2.03. The van der Waals surface area contributed by atoms with Gasteiger partial charge in [-0.1, -0.05) is 6.07 Å². The fourth-order valence-electron chi connectivity index (χ4n) is 1.20. The highest BCUT2D eigenvalue weighted by molar-refractivity contribution is 5.85. The van der Waals surface area contributed by atoms with Crippen molar-refractivity contribution in [2.24, 2.45) is 0 Å². The standard InChI is InChI=1S/C11H17N3O.2ClH/c1-12-8-9-14-11(15)6-5-10-4-2-3-7-13-10;;/h2-4,7,12H,5-6,8-9H2,1H3,(H,14,15);2*1H. The molecule has 0 unspecified atom stereocenters. The molecule has 0 saturated carbocycles. The molecule has 1 heterocycles. The molecule has 1 aromatic rings. The van der Waals surface area contributed by atoms with Gasteiger partial charge in [-0.25, -0.2) is 0 Å². The molecule has 17 heavy (non-hydrogen) atoms. The number of nitrogens with one attached hydrogen (secondary N) is 2. The Morgan fingerprint density at radius 3 is 2.65 bits per heavy atom. The number of nitrogens with zero attached hydrogens (tertiary/aromatic N) is 1. The molecule has 0 aliphatic heterocycles. The predicted octanol–water partition coefficient (Wildman–Crippen LogP) is 1.19. The number of hydrogen-bond donors (Lipinski definition) is 2. The quantitative estimate of drug-likeness (QED) is 0.770. The van der Waals surface area contributed by atoms with E-state index in [0.29, 0.717) is 19.4 Å². The van der Waals surface area contributed by atoms with Crippen LogP contribution in [0.5, 0.6) is 0 Å². The van der Waals surface area contributed by atoms with Crippen LogP contribution in [0.1, 0.15) is 12.1 Å². The molecule has 0 aliphatic rings. The van der Waals surface area contributed by atoms with Crippen LogP contribution in [-0.2, 0) is 11.2 Å². The number of carbonyl (C=O) groups excluding carboxylic acids is 1. The summed E-state index contributed by atoms with van der Waals surface area (Å²) in [5, 5.41) is 5.79. The van der Waals surface area contributed by atoms with Crippen molar-refractivity contribution in [2.45, 2.75) is 12.8 Å². The Hall–Kier alpha value is -0.840. The maximum atomic E-state index is 11.3. The lowest BCUT2D eigenvalue weighted by atomic mass is 10.2. The zero-order valence-corrected chi connectivity index (χ0v) is 11.4. The van der Waals surface area contributed by atoms with Crippen LogP contribution in [0.4, 0.5) is 0 Å². The number of aromatic nitrogens is 1. The Kier molecular flexibility index (Phi) is 12.7. The number of amides is 1. The first-order valence-corrected chi connectivity index (χ1v) is 5.14. The summed E-state index contributed by atoms with van der Waals surface area (Å²) in [7, 11) is 1.86. The fraction of sp³-hybridized carbons (Fsp3) is 0.455. The fourth-order valence-corrected chi connectivity index (χ4v) is 1.20. The van der Waals surface area contributed by atoms with Crippen molar-refractivity contribution in [3.05, 3.63) is 30.1 Å². The average Bonchev–Trinajstić information content (AvgIpc) is 2.28. The van der Waals surface area contributed by atoms with Crippen LogP contribution in [-0.4, -0.2) is 31.0 Å². The minimum atomic E-state index is 0. The van der Waals surface area contributed by atoms with Crippen LogP contribution >= 0.6 is 24.8 Å². The Balaban J connectivity index is 0. The van der Waals surface area contributed by atoms with E-state index in [1.807, 2.05) is 25.2 Å². The molecule has 0 aliphatic carbocycles. The average molecular weight is 280 g/mol. The van der Waals surface area contributed by atoms with Gasteiger partial charge >= 0.3 is 0 Å². The van der Waals surface area contributed by atoms with Gasteiger partial charge in [0.2, 0.25) is 5.91 Å². The molecule has 1 amide bonds. The molecule has 0 atom stereocenters. The van der Waals surface area contributed by atoms with Gasteiger partial charge in [-0.2, -0.15) is 0 Å². The molecule has 1 aromatic heterocycles. The number of likely N-dealkylation sites (N-methyl/N-ethyl adjacent to an activating group) is 1. The zero-order chi connectivity index (χ0) is 10.9. The Morgan fingerprint density at radius 2 is 2.06 bits per heavy atom. The Bertz CT molecular complexity index is 296. The summed E-state index contributed by atoms with van der Waals surface area (Å²) in [4.78, 5) is 15.5. The summed E-state index contributed by atoms with van der Waals surface area (Å²) < 4.78 is 0. The van der Waals surface area contributed by atoms with E-state index in [1.165, 1.54) is 0 Å². The van der Waals surface area contributed by atoms with Crippen LogP contribution in [0.3, 0.4) is 0 Å². The van der Waals surface area contributed by atoms with E-state index in [0.717, 1.165) is 12.2 Å². The Morgan fingerprint density at radius 1 is 1.29 bits per heavy atom. The summed E-state index contributed by atoms with van der Waals surface area (Å²) in [5.41, 5.74) is 0.960. The molecule has 0 spiro atoms. The number of rotatable bonds is 6. The molecule has 0 aromatic carbocycles. The van der Waals surface area contributed by atoms with Crippen molar-refractivity contribution >= 4 is 30.7 Å². The SMILES string of the molecule is CNCCNC(=O)CCc1ccccn1.Cl.Cl. The van der Waals surface area contributed by atoms with Crippen molar-refractivity contribution in [2.75, 3.05) is 20.1 Å². The van der Waals surface area contributed by atoms with E-state index in [1.54, 1.807) is 6.20 Å². The lowest BCUT2D eigenvalue weighted by Crippen LogP contribution is -2.30. The van der Waals surface area contributed by atoms with Gasteiger partial charge in [0.25, 0.3) is 0 Å². The maximum absolute atomic E-state index is 11.3. The highest BCUT2D eigenvalue weighted by Gasteiger charge is 2.01. The zero-order valence-electron chi connectivity index (χ0n) is 9.81. The van der Waals surface area contributed by atoms with Crippen LogP contribution in [0.25, 0.3) is 0 Å². The molecule has 0 saturated heterocycles. The first-order valence-electron chi connectivity index (χ1n) is 5.14. The lowest BCUT2D eigenvalue weighted by Gasteiger charge is -2.04. The van der Waals surface area contributed by atoms with Crippen LogP contribution < -0.4 is 10.6 Å². The first-order chi connectivity index (χ1) is 7.33. The largest absolute Gasteiger partial charge is 0.355 e. The summed E-state index contributed by atoms with van der Waals surface area (Å²) >= 11 is 0. The molecule has 6 heteroatoms. The van der Waals surface area contributed by atoms with Gasteiger partial charge in [-0.3, -0.25) is 9.78 Å². The van der Waals surface area contributed by atoms with Crippen molar-refractivity contribution in [1.82, 2.24) is 15.6 Å². The summed E-state index contributed by atoms with van der Waals surface area (Å²) in [6, 6.07) is 5.73. The lowest BCUT2D eigenvalue weighted by molar-refractivity contribution is -0.121. The van der Waals surface area contributed by atoms with E-state index < -0.39 is 0 Å². The minimum Gasteiger partial charge on any atom is -0.355 e. The topological polar surface area (TPSA) is 54.0 Å². The van der Waals surface area contributed by atoms with Gasteiger partial charge < -0.3 is 10.6 Å². The third kappa shape index (κ3) is 8.92. The van der Waals surface area contributed by atoms with Crippen LogP contribution in [0.15, 0.2) is 24.4 Å². The van der Waals surface area contributed by atoms with Crippen molar-refractivity contribution < 1.29 is 4.79 Å². The molecule has 0 radical (unpaired) electrons. The molecule has 98 valence electrons. The molecular weight excluding hydrogens is 261 g/mol. The van der Waals surface area contributed by atoms with Gasteiger partial charge in [0.05, 0.1) is 0 Å². The molecule has 0 fully saturated rings. The molecular formula is C11H19Cl2N3O. The Labute approximate surface area is 114 Å². The highest BCUT2D eigenvalue weighted by Crippen LogP contribution is 1.97. The normalized spacial score (nSPS) is 8.76. The van der Waals surface area contributed by atoms with Gasteiger partial charge in [0, 0.05) is 31.4 Å². The maximum Gasteiger partial charge on any atom is 0.220 e. The van der Waals surface area contributed by atoms with E-state index in [9.17, 15) is 4.79 Å². The summed E-state index contributed by atoms with van der Waals surface area (Å²) in [5.74, 6) is 0.0795. The number of hydrogen-bond acceptors (Lipinski definition) is 3. The number of pyridine rings is 1. The summed E-state index contributed by atoms with van der Waals surface area (Å²) in [6.07, 6.45) is 2.95. The monoisotopic (exact) mass is 279 g/mol. The molecule has 4 nitrogen and oxygen atoms in total. The second-order valence-electron chi connectivity index (χ2n) is 3.27. The van der Waals surface area contributed by atoms with Crippen molar-refractivity contribution in [1.29, 1.82) is 0 Å². The van der Waals surface area contributed by atoms with Crippen LogP contribution in [0, 0.1) is 0 Å². The van der Waals surface area contributed by atoms with Crippen LogP contribution in [0.2, 0.25) is 0 Å². The van der Waals surface area contributed by atoms with Crippen molar-refractivity contribution in [3.8, 4) is 0 Å². The minimum absolute atomic E-state index is 0. The van der Waals surface area contributed by atoms with Crippen molar-refractivity contribution in [3.63, 3.8) is 0 Å². The van der Waals surface area contributed by atoms with E-state index in [-0.39, 0.29) is 30.7 Å². The number of halogens is 2. The van der Waals surface area contributed by atoms with Gasteiger partial charge in [0.15, 0.2) is 0 Å². The smallest absolute Gasteiger partial charge is 0.220 e. The van der Waals surface area contributed by atoms with E-state index >= 15 is 0 Å². The second kappa shape index (κ2) is 11.6. The third-order valence-corrected chi connectivity index (χ3v) is 2.03. The summed E-state index contributed by atoms with van der Waals surface area (Å²) in [6.45, 7) is 1.48. The molecule has 2 N–H and O–H groups in total. The highest BCUT2D eigenvalue weighted by atomic mass is 35.5. The van der Waals surface area contributed by atoms with Gasteiger partial charge in [-0.05, 0) is 25.6 Å². The molecule has 0 bridgehead atoms. The molecule has 1 rings (SSSR count). The van der Waals surface area contributed by atoms with E-state index in [2.05, 4.69) is 15.6 Å². The number of carbonyl (C=O) groups is 1. The van der Waals surface area contributed by atoms with E-state index in [4.69, 9.17) is 0 Å². The van der Waals surface area contributed by atoms with Gasteiger partial charge in [0.1, 0.15) is 0 Å². The predicted molar refractivity (Wildman–Crippen MR) is 74.0 cm³/mol. The first kappa shape index (κ1) is 18.5.